The molecule has 0 N–H and O–H groups in total. The summed E-state index contributed by atoms with van der Waals surface area (Å²) < 4.78 is 1.35. The maximum Gasteiger partial charge on any atom is 0.271 e. The fraction of sp³-hybridized carbons (Fsp3) is 0.190. The molecule has 1 saturated heterocycles. The minimum absolute atomic E-state index is 0.0390. The molecule has 0 bridgehead atoms. The number of hydrogen-bond donors (Lipinski definition) is 0. The van der Waals surface area contributed by atoms with Crippen LogP contribution in [-0.2, 0) is 0 Å². The van der Waals surface area contributed by atoms with Gasteiger partial charge in [-0.1, -0.05) is 35.9 Å². The number of carbonyl (C=O) groups excluding carboxylic acids is 1. The van der Waals surface area contributed by atoms with Crippen LogP contribution in [0.25, 0.3) is 5.69 Å². The maximum absolute atomic E-state index is 12.6. The van der Waals surface area contributed by atoms with E-state index in [0.717, 1.165) is 0 Å². The summed E-state index contributed by atoms with van der Waals surface area (Å²) in [5, 5.41) is 5.05. The molecule has 1 amide bonds. The van der Waals surface area contributed by atoms with Crippen molar-refractivity contribution in [3.8, 4) is 5.69 Å². The van der Waals surface area contributed by atoms with E-state index in [9.17, 15) is 9.59 Å². The summed E-state index contributed by atoms with van der Waals surface area (Å²) in [7, 11) is 0. The van der Waals surface area contributed by atoms with Gasteiger partial charge in [0.15, 0.2) is 0 Å². The standard InChI is InChI=1S/C21H19ClN4O2/c22-17-7-4-8-18(15-17)26-20(27)10-9-19(23-26)24-11-13-25(14-12-24)21(28)16-5-2-1-3-6-16/h1-10,15H,11-14H2. The van der Waals surface area contributed by atoms with Crippen molar-refractivity contribution in [3.63, 3.8) is 0 Å². The van der Waals surface area contributed by atoms with Crippen molar-refractivity contribution in [1.82, 2.24) is 14.7 Å². The first kappa shape index (κ1) is 18.3. The van der Waals surface area contributed by atoms with Crippen molar-refractivity contribution < 1.29 is 4.79 Å². The van der Waals surface area contributed by atoms with Gasteiger partial charge in [-0.05, 0) is 36.4 Å². The fourth-order valence-electron chi connectivity index (χ4n) is 3.26. The Hall–Kier alpha value is -3.12. The molecule has 0 saturated carbocycles. The van der Waals surface area contributed by atoms with Gasteiger partial charge >= 0.3 is 0 Å². The lowest BCUT2D eigenvalue weighted by atomic mass is 10.2. The number of anilines is 1. The van der Waals surface area contributed by atoms with E-state index in [-0.39, 0.29) is 11.5 Å². The zero-order chi connectivity index (χ0) is 19.5. The third kappa shape index (κ3) is 3.77. The predicted molar refractivity (Wildman–Crippen MR) is 109 cm³/mol. The van der Waals surface area contributed by atoms with Crippen LogP contribution < -0.4 is 10.5 Å². The molecule has 0 spiro atoms. The van der Waals surface area contributed by atoms with E-state index in [1.807, 2.05) is 35.2 Å². The Morgan fingerprint density at radius 2 is 1.64 bits per heavy atom. The predicted octanol–water partition coefficient (Wildman–Crippen LogP) is 2.85. The van der Waals surface area contributed by atoms with Crippen LogP contribution in [0.2, 0.25) is 5.02 Å². The molecule has 7 heteroatoms. The summed E-state index contributed by atoms with van der Waals surface area (Å²) in [6.45, 7) is 2.51. The second kappa shape index (κ2) is 7.86. The van der Waals surface area contributed by atoms with Crippen LogP contribution >= 0.6 is 11.6 Å². The smallest absolute Gasteiger partial charge is 0.271 e. The molecule has 3 aromatic rings. The number of amides is 1. The molecule has 0 aliphatic carbocycles. The molecule has 0 radical (unpaired) electrons. The quantitative estimate of drug-likeness (QED) is 0.685. The average molecular weight is 395 g/mol. The highest BCUT2D eigenvalue weighted by molar-refractivity contribution is 6.30. The molecule has 1 aliphatic heterocycles. The Balaban J connectivity index is 1.50. The van der Waals surface area contributed by atoms with Crippen molar-refractivity contribution in [3.05, 3.63) is 87.7 Å². The van der Waals surface area contributed by atoms with Gasteiger partial charge in [-0.2, -0.15) is 4.68 Å². The average Bonchev–Trinajstić information content (AvgIpc) is 2.74. The molecule has 1 aliphatic rings. The molecule has 4 rings (SSSR count). The minimum Gasteiger partial charge on any atom is -0.352 e. The summed E-state index contributed by atoms with van der Waals surface area (Å²) in [6, 6.07) is 19.6. The Labute approximate surface area is 167 Å². The maximum atomic E-state index is 12.6. The molecule has 6 nitrogen and oxygen atoms in total. The van der Waals surface area contributed by atoms with E-state index in [1.54, 1.807) is 30.3 Å². The van der Waals surface area contributed by atoms with Crippen LogP contribution in [-0.4, -0.2) is 46.8 Å². The van der Waals surface area contributed by atoms with Crippen molar-refractivity contribution in [2.24, 2.45) is 0 Å². The largest absolute Gasteiger partial charge is 0.352 e. The van der Waals surface area contributed by atoms with Gasteiger partial charge in [0.05, 0.1) is 5.69 Å². The van der Waals surface area contributed by atoms with E-state index in [0.29, 0.717) is 48.3 Å². The van der Waals surface area contributed by atoms with Crippen LogP contribution in [0.1, 0.15) is 10.4 Å². The van der Waals surface area contributed by atoms with Crippen molar-refractivity contribution in [2.45, 2.75) is 0 Å². The number of piperazine rings is 1. The summed E-state index contributed by atoms with van der Waals surface area (Å²) in [5.41, 5.74) is 1.10. The molecule has 1 aromatic heterocycles. The summed E-state index contributed by atoms with van der Waals surface area (Å²) in [4.78, 5) is 28.8. The van der Waals surface area contributed by atoms with E-state index in [1.165, 1.54) is 10.7 Å². The lowest BCUT2D eigenvalue weighted by Gasteiger charge is -2.35. The molecule has 1 fully saturated rings. The van der Waals surface area contributed by atoms with E-state index in [4.69, 9.17) is 11.6 Å². The Morgan fingerprint density at radius 3 is 2.36 bits per heavy atom. The van der Waals surface area contributed by atoms with Gasteiger partial charge in [0, 0.05) is 42.8 Å². The second-order valence-electron chi connectivity index (χ2n) is 6.57. The zero-order valence-corrected chi connectivity index (χ0v) is 15.9. The van der Waals surface area contributed by atoms with E-state index >= 15 is 0 Å². The Kier molecular flexibility index (Phi) is 5.12. The number of aromatic nitrogens is 2. The molecular formula is C21H19ClN4O2. The third-order valence-corrected chi connectivity index (χ3v) is 4.99. The van der Waals surface area contributed by atoms with Crippen molar-refractivity contribution in [2.75, 3.05) is 31.1 Å². The normalized spacial score (nSPS) is 14.2. The number of benzene rings is 2. The lowest BCUT2D eigenvalue weighted by molar-refractivity contribution is 0.0746. The molecule has 0 unspecified atom stereocenters. The van der Waals surface area contributed by atoms with Gasteiger partial charge in [0.25, 0.3) is 11.5 Å². The van der Waals surface area contributed by atoms with Gasteiger partial charge in [0.2, 0.25) is 0 Å². The SMILES string of the molecule is O=C(c1ccccc1)N1CCN(c2ccc(=O)n(-c3cccc(Cl)c3)n2)CC1. The van der Waals surface area contributed by atoms with Gasteiger partial charge in [-0.3, -0.25) is 9.59 Å². The summed E-state index contributed by atoms with van der Waals surface area (Å²) >= 11 is 6.04. The number of nitrogens with zero attached hydrogens (tertiary/aromatic N) is 4. The van der Waals surface area contributed by atoms with Crippen molar-refractivity contribution >= 4 is 23.3 Å². The molecule has 0 atom stereocenters. The van der Waals surface area contributed by atoms with Gasteiger partial charge in [-0.15, -0.1) is 5.10 Å². The molecular weight excluding hydrogens is 376 g/mol. The number of rotatable bonds is 3. The van der Waals surface area contributed by atoms with Crippen LogP contribution in [0, 0.1) is 0 Å². The minimum atomic E-state index is -0.219. The van der Waals surface area contributed by atoms with Crippen LogP contribution in [0.15, 0.2) is 71.5 Å². The van der Waals surface area contributed by atoms with Crippen molar-refractivity contribution in [1.29, 1.82) is 0 Å². The van der Waals surface area contributed by atoms with E-state index < -0.39 is 0 Å². The van der Waals surface area contributed by atoms with Crippen LogP contribution in [0.5, 0.6) is 0 Å². The number of carbonyl (C=O) groups is 1. The molecule has 2 heterocycles. The third-order valence-electron chi connectivity index (χ3n) is 4.75. The number of hydrogen-bond acceptors (Lipinski definition) is 4. The van der Waals surface area contributed by atoms with Crippen LogP contribution in [0.3, 0.4) is 0 Å². The topological polar surface area (TPSA) is 58.4 Å². The second-order valence-corrected chi connectivity index (χ2v) is 7.00. The zero-order valence-electron chi connectivity index (χ0n) is 15.2. The first-order valence-corrected chi connectivity index (χ1v) is 9.45. The summed E-state index contributed by atoms with van der Waals surface area (Å²) in [5.74, 6) is 0.739. The fourth-order valence-corrected chi connectivity index (χ4v) is 3.45. The molecule has 142 valence electrons. The molecule has 2 aromatic carbocycles. The number of halogens is 1. The Morgan fingerprint density at radius 1 is 0.893 bits per heavy atom. The lowest BCUT2D eigenvalue weighted by Crippen LogP contribution is -2.49. The molecule has 28 heavy (non-hydrogen) atoms. The van der Waals surface area contributed by atoms with Gasteiger partial charge in [-0.25, -0.2) is 0 Å². The monoisotopic (exact) mass is 394 g/mol. The van der Waals surface area contributed by atoms with E-state index in [2.05, 4.69) is 10.00 Å². The highest BCUT2D eigenvalue weighted by Gasteiger charge is 2.23. The highest BCUT2D eigenvalue weighted by atomic mass is 35.5. The first-order valence-electron chi connectivity index (χ1n) is 9.07. The highest BCUT2D eigenvalue weighted by Crippen LogP contribution is 2.17. The first-order chi connectivity index (χ1) is 13.6. The van der Waals surface area contributed by atoms with Crippen LogP contribution in [0.4, 0.5) is 5.82 Å². The Bertz CT molecular complexity index is 1040. The van der Waals surface area contributed by atoms with Gasteiger partial charge in [0.1, 0.15) is 5.82 Å². The van der Waals surface area contributed by atoms with Gasteiger partial charge < -0.3 is 9.80 Å². The summed E-state index contributed by atoms with van der Waals surface area (Å²) in [6.07, 6.45) is 0.